The monoisotopic (exact) mass is 375 g/mol. The Hall–Kier alpha value is -1.26. The molecular weight excluding hydrogens is 358 g/mol. The van der Waals surface area contributed by atoms with E-state index in [2.05, 4.69) is 34.1 Å². The minimum absolute atomic E-state index is 0.0635. The van der Waals surface area contributed by atoms with Crippen LogP contribution < -0.4 is 0 Å². The number of carbonyl (C=O) groups is 1. The first-order chi connectivity index (χ1) is 10.6. The number of benzene rings is 2. The molecule has 0 radical (unpaired) electrons. The third kappa shape index (κ3) is 3.55. The van der Waals surface area contributed by atoms with Gasteiger partial charge in [0.05, 0.1) is 5.25 Å². The van der Waals surface area contributed by atoms with E-state index in [1.807, 2.05) is 42.2 Å². The summed E-state index contributed by atoms with van der Waals surface area (Å²) < 4.78 is 1.06. The molecule has 1 atom stereocenters. The highest BCUT2D eigenvalue weighted by molar-refractivity contribution is 9.10. The summed E-state index contributed by atoms with van der Waals surface area (Å²) in [4.78, 5) is 15.8. The Morgan fingerprint density at radius 1 is 1.14 bits per heavy atom. The van der Waals surface area contributed by atoms with Crippen LogP contribution in [0.4, 0.5) is 0 Å². The van der Waals surface area contributed by atoms with E-state index in [0.29, 0.717) is 0 Å². The van der Waals surface area contributed by atoms with E-state index in [-0.39, 0.29) is 11.2 Å². The lowest BCUT2D eigenvalue weighted by atomic mass is 10.00. The van der Waals surface area contributed by atoms with Crippen molar-refractivity contribution >= 4 is 33.6 Å². The molecule has 1 aliphatic rings. The Kier molecular flexibility index (Phi) is 4.89. The van der Waals surface area contributed by atoms with E-state index >= 15 is 0 Å². The smallest absolute Gasteiger partial charge is 0.236 e. The Morgan fingerprint density at radius 2 is 1.82 bits per heavy atom. The third-order valence-corrected chi connectivity index (χ3v) is 5.54. The summed E-state index contributed by atoms with van der Waals surface area (Å²) in [6, 6.07) is 16.5. The van der Waals surface area contributed by atoms with Crippen LogP contribution in [0.5, 0.6) is 0 Å². The standard InChI is InChI=1S/C18H18BrNOS/c1-13(22-17-8-6-16(19)7-9-17)18(21)20-11-10-14-4-2-3-5-15(14)12-20/h2-9,13H,10-12H2,1H3/t13-/m1/s1. The van der Waals surface area contributed by atoms with Crippen molar-refractivity contribution in [2.45, 2.75) is 30.0 Å². The lowest BCUT2D eigenvalue weighted by Crippen LogP contribution is -2.40. The van der Waals surface area contributed by atoms with Gasteiger partial charge in [-0.1, -0.05) is 40.2 Å². The van der Waals surface area contributed by atoms with Gasteiger partial charge in [-0.05, 0) is 48.7 Å². The van der Waals surface area contributed by atoms with Gasteiger partial charge in [0.1, 0.15) is 0 Å². The van der Waals surface area contributed by atoms with Crippen LogP contribution in [0.15, 0.2) is 57.9 Å². The van der Waals surface area contributed by atoms with Crippen LogP contribution >= 0.6 is 27.7 Å². The molecule has 2 aromatic rings. The highest BCUT2D eigenvalue weighted by Gasteiger charge is 2.25. The van der Waals surface area contributed by atoms with Gasteiger partial charge in [-0.3, -0.25) is 4.79 Å². The average Bonchev–Trinajstić information content (AvgIpc) is 2.55. The number of rotatable bonds is 3. The number of hydrogen-bond donors (Lipinski definition) is 0. The molecular formula is C18H18BrNOS. The molecule has 22 heavy (non-hydrogen) atoms. The molecule has 2 nitrogen and oxygen atoms in total. The van der Waals surface area contributed by atoms with Crippen LogP contribution in [-0.2, 0) is 17.8 Å². The first-order valence-electron chi connectivity index (χ1n) is 7.41. The fourth-order valence-electron chi connectivity index (χ4n) is 2.71. The molecule has 0 saturated heterocycles. The molecule has 1 amide bonds. The number of amides is 1. The molecule has 0 bridgehead atoms. The van der Waals surface area contributed by atoms with Crippen molar-refractivity contribution in [3.05, 3.63) is 64.1 Å². The Labute approximate surface area is 144 Å². The van der Waals surface area contributed by atoms with Crippen LogP contribution in [0.25, 0.3) is 0 Å². The first kappa shape index (κ1) is 15.6. The van der Waals surface area contributed by atoms with Gasteiger partial charge < -0.3 is 4.90 Å². The van der Waals surface area contributed by atoms with E-state index in [1.165, 1.54) is 11.1 Å². The molecule has 0 aliphatic carbocycles. The minimum atomic E-state index is -0.0635. The fraction of sp³-hybridized carbons (Fsp3) is 0.278. The summed E-state index contributed by atoms with van der Waals surface area (Å²) in [5.41, 5.74) is 2.66. The summed E-state index contributed by atoms with van der Waals surface area (Å²) in [6.07, 6.45) is 0.956. The van der Waals surface area contributed by atoms with Crippen LogP contribution in [0.3, 0.4) is 0 Å². The van der Waals surface area contributed by atoms with Crippen molar-refractivity contribution in [3.63, 3.8) is 0 Å². The molecule has 1 heterocycles. The van der Waals surface area contributed by atoms with Crippen molar-refractivity contribution in [2.24, 2.45) is 0 Å². The number of carbonyl (C=O) groups excluding carboxylic acids is 1. The Bertz CT molecular complexity index is 671. The maximum absolute atomic E-state index is 12.7. The zero-order chi connectivity index (χ0) is 15.5. The van der Waals surface area contributed by atoms with Crippen molar-refractivity contribution < 1.29 is 4.79 Å². The van der Waals surface area contributed by atoms with Crippen molar-refractivity contribution in [1.29, 1.82) is 0 Å². The Morgan fingerprint density at radius 3 is 2.55 bits per heavy atom. The van der Waals surface area contributed by atoms with Crippen LogP contribution in [-0.4, -0.2) is 22.6 Å². The van der Waals surface area contributed by atoms with Crippen LogP contribution in [0, 0.1) is 0 Å². The molecule has 4 heteroatoms. The van der Waals surface area contributed by atoms with E-state index in [4.69, 9.17) is 0 Å². The molecule has 0 unspecified atom stereocenters. The molecule has 0 N–H and O–H groups in total. The number of nitrogens with zero attached hydrogens (tertiary/aromatic N) is 1. The van der Waals surface area contributed by atoms with Gasteiger partial charge >= 0.3 is 0 Å². The Balaban J connectivity index is 1.65. The van der Waals surface area contributed by atoms with Crippen molar-refractivity contribution in [1.82, 2.24) is 4.90 Å². The average molecular weight is 376 g/mol. The zero-order valence-electron chi connectivity index (χ0n) is 12.5. The van der Waals surface area contributed by atoms with Gasteiger partial charge in [0.2, 0.25) is 5.91 Å². The molecule has 0 aromatic heterocycles. The lowest BCUT2D eigenvalue weighted by molar-refractivity contribution is -0.131. The van der Waals surface area contributed by atoms with Gasteiger partial charge in [0.25, 0.3) is 0 Å². The molecule has 3 rings (SSSR count). The van der Waals surface area contributed by atoms with Gasteiger partial charge in [-0.25, -0.2) is 0 Å². The largest absolute Gasteiger partial charge is 0.337 e. The highest BCUT2D eigenvalue weighted by Crippen LogP contribution is 2.27. The van der Waals surface area contributed by atoms with Gasteiger partial charge in [0.15, 0.2) is 0 Å². The maximum atomic E-state index is 12.7. The predicted molar refractivity (Wildman–Crippen MR) is 95.0 cm³/mol. The quantitative estimate of drug-likeness (QED) is 0.735. The summed E-state index contributed by atoms with van der Waals surface area (Å²) in [5.74, 6) is 0.224. The second-order valence-corrected chi connectivity index (χ2v) is 7.82. The van der Waals surface area contributed by atoms with E-state index in [0.717, 1.165) is 28.9 Å². The predicted octanol–water partition coefficient (Wildman–Crippen LogP) is 4.51. The second-order valence-electron chi connectivity index (χ2n) is 5.49. The number of halogens is 1. The van der Waals surface area contributed by atoms with E-state index in [9.17, 15) is 4.79 Å². The molecule has 114 valence electrons. The van der Waals surface area contributed by atoms with Gasteiger partial charge in [0, 0.05) is 22.5 Å². The number of thioether (sulfide) groups is 1. The summed E-state index contributed by atoms with van der Waals surface area (Å²) in [7, 11) is 0. The maximum Gasteiger partial charge on any atom is 0.236 e. The molecule has 0 spiro atoms. The van der Waals surface area contributed by atoms with Gasteiger partial charge in [-0.2, -0.15) is 0 Å². The lowest BCUT2D eigenvalue weighted by Gasteiger charge is -2.30. The highest BCUT2D eigenvalue weighted by atomic mass is 79.9. The number of hydrogen-bond acceptors (Lipinski definition) is 2. The minimum Gasteiger partial charge on any atom is -0.337 e. The van der Waals surface area contributed by atoms with Crippen molar-refractivity contribution in [2.75, 3.05) is 6.54 Å². The second kappa shape index (κ2) is 6.88. The van der Waals surface area contributed by atoms with Crippen molar-refractivity contribution in [3.8, 4) is 0 Å². The van der Waals surface area contributed by atoms with Crippen LogP contribution in [0.1, 0.15) is 18.1 Å². The summed E-state index contributed by atoms with van der Waals surface area (Å²) in [5, 5.41) is -0.0635. The first-order valence-corrected chi connectivity index (χ1v) is 9.08. The van der Waals surface area contributed by atoms with Gasteiger partial charge in [-0.15, -0.1) is 11.8 Å². The summed E-state index contributed by atoms with van der Waals surface area (Å²) >= 11 is 5.06. The normalized spacial score (nSPS) is 15.3. The summed E-state index contributed by atoms with van der Waals surface area (Å²) in [6.45, 7) is 3.55. The molecule has 1 aliphatic heterocycles. The topological polar surface area (TPSA) is 20.3 Å². The van der Waals surface area contributed by atoms with E-state index in [1.54, 1.807) is 11.8 Å². The molecule has 0 fully saturated rings. The third-order valence-electron chi connectivity index (χ3n) is 3.92. The molecule has 0 saturated carbocycles. The fourth-order valence-corrected chi connectivity index (χ4v) is 3.92. The van der Waals surface area contributed by atoms with Crippen LogP contribution in [0.2, 0.25) is 0 Å². The SMILES string of the molecule is C[C@@H](Sc1ccc(Br)cc1)C(=O)N1CCc2ccccc2C1. The number of fused-ring (bicyclic) bond motifs is 1. The van der Waals surface area contributed by atoms with E-state index < -0.39 is 0 Å². The molecule has 2 aromatic carbocycles. The zero-order valence-corrected chi connectivity index (χ0v) is 14.9.